The number of hydrogen-bond donors (Lipinski definition) is 2. The topological polar surface area (TPSA) is 98.2 Å². The quantitative estimate of drug-likeness (QED) is 0.820. The molecule has 0 aliphatic carbocycles. The van der Waals surface area contributed by atoms with Gasteiger partial charge >= 0.3 is 0 Å². The fraction of sp³-hybridized carbons (Fsp3) is 0.182. The van der Waals surface area contributed by atoms with E-state index >= 15 is 0 Å². The van der Waals surface area contributed by atoms with Crippen LogP contribution in [-0.2, 0) is 16.4 Å². The summed E-state index contributed by atoms with van der Waals surface area (Å²) in [5.41, 5.74) is 7.11. The molecule has 7 heteroatoms. The van der Waals surface area contributed by atoms with Gasteiger partial charge in [-0.2, -0.15) is 0 Å². The molecule has 0 radical (unpaired) electrons. The number of hydrogen-bond acceptors (Lipinski definition) is 5. The van der Waals surface area contributed by atoms with E-state index in [1.165, 1.54) is 18.4 Å². The molecule has 0 amide bonds. The third kappa shape index (κ3) is 2.45. The summed E-state index contributed by atoms with van der Waals surface area (Å²) >= 11 is 0. The van der Waals surface area contributed by atoms with E-state index in [1.807, 2.05) is 6.92 Å². The lowest BCUT2D eigenvalue weighted by Gasteiger charge is -2.08. The van der Waals surface area contributed by atoms with Crippen molar-refractivity contribution in [3.63, 3.8) is 0 Å². The largest absolute Gasteiger partial charge is 0.399 e. The molecule has 0 spiro atoms. The van der Waals surface area contributed by atoms with Crippen molar-refractivity contribution < 1.29 is 12.9 Å². The molecule has 1 aromatic carbocycles. The maximum absolute atomic E-state index is 12.0. The highest BCUT2D eigenvalue weighted by Gasteiger charge is 2.16. The number of rotatable bonds is 4. The molecule has 0 fully saturated rings. The predicted molar refractivity (Wildman–Crippen MR) is 67.5 cm³/mol. The molecular weight excluding hydrogens is 254 g/mol. The van der Waals surface area contributed by atoms with E-state index in [4.69, 9.17) is 5.73 Å². The minimum Gasteiger partial charge on any atom is -0.399 e. The molecule has 0 unspecified atom stereocenters. The van der Waals surface area contributed by atoms with Crippen molar-refractivity contribution in [3.05, 3.63) is 36.1 Å². The van der Waals surface area contributed by atoms with E-state index in [2.05, 4.69) is 14.4 Å². The Hall–Kier alpha value is -2.02. The Morgan fingerprint density at radius 2 is 2.17 bits per heavy atom. The highest BCUT2D eigenvalue weighted by Crippen LogP contribution is 2.20. The van der Waals surface area contributed by atoms with Crippen molar-refractivity contribution in [3.8, 4) is 0 Å². The highest BCUT2D eigenvalue weighted by atomic mass is 32.2. The van der Waals surface area contributed by atoms with Crippen LogP contribution in [0.1, 0.15) is 12.5 Å². The molecule has 0 aliphatic rings. The monoisotopic (exact) mass is 267 g/mol. The van der Waals surface area contributed by atoms with Crippen molar-refractivity contribution in [1.82, 2.24) is 5.16 Å². The standard InChI is InChI=1S/C11H13N3O3S/c1-2-8-7-9(3-4-10(8)12)18(15,16)14-11-5-6-17-13-11/h3-7H,2,12H2,1H3,(H,13,14). The summed E-state index contributed by atoms with van der Waals surface area (Å²) in [6.45, 7) is 1.91. The maximum Gasteiger partial charge on any atom is 0.263 e. The molecule has 96 valence electrons. The van der Waals surface area contributed by atoms with Gasteiger partial charge in [0.05, 0.1) is 4.90 Å². The van der Waals surface area contributed by atoms with Gasteiger partial charge in [-0.05, 0) is 30.2 Å². The minimum absolute atomic E-state index is 0.143. The second kappa shape index (κ2) is 4.69. The lowest BCUT2D eigenvalue weighted by atomic mass is 10.1. The molecule has 0 saturated carbocycles. The van der Waals surface area contributed by atoms with E-state index in [-0.39, 0.29) is 10.7 Å². The lowest BCUT2D eigenvalue weighted by Crippen LogP contribution is -2.13. The van der Waals surface area contributed by atoms with Gasteiger partial charge in [0.25, 0.3) is 10.0 Å². The Kier molecular flexibility index (Phi) is 3.24. The van der Waals surface area contributed by atoms with Crippen molar-refractivity contribution in [2.45, 2.75) is 18.2 Å². The van der Waals surface area contributed by atoms with E-state index in [9.17, 15) is 8.42 Å². The van der Waals surface area contributed by atoms with Crippen LogP contribution in [0.3, 0.4) is 0 Å². The van der Waals surface area contributed by atoms with E-state index in [0.29, 0.717) is 12.1 Å². The van der Waals surface area contributed by atoms with E-state index < -0.39 is 10.0 Å². The molecular formula is C11H13N3O3S. The Morgan fingerprint density at radius 1 is 1.39 bits per heavy atom. The van der Waals surface area contributed by atoms with Crippen LogP contribution in [0.15, 0.2) is 39.9 Å². The third-order valence-electron chi connectivity index (χ3n) is 2.48. The number of anilines is 2. The zero-order valence-corrected chi connectivity index (χ0v) is 10.6. The maximum atomic E-state index is 12.0. The van der Waals surface area contributed by atoms with Crippen LogP contribution in [0.5, 0.6) is 0 Å². The molecule has 2 rings (SSSR count). The Morgan fingerprint density at radius 3 is 2.78 bits per heavy atom. The summed E-state index contributed by atoms with van der Waals surface area (Å²) < 4.78 is 31.0. The summed E-state index contributed by atoms with van der Waals surface area (Å²) in [6.07, 6.45) is 1.96. The first-order valence-corrected chi connectivity index (χ1v) is 6.83. The number of aryl methyl sites for hydroxylation is 1. The molecule has 18 heavy (non-hydrogen) atoms. The fourth-order valence-corrected chi connectivity index (χ4v) is 2.56. The molecule has 6 nitrogen and oxygen atoms in total. The molecule has 0 saturated heterocycles. The Labute approximate surface area is 105 Å². The van der Waals surface area contributed by atoms with Crippen LogP contribution in [0.2, 0.25) is 0 Å². The van der Waals surface area contributed by atoms with Gasteiger partial charge in [0.2, 0.25) is 0 Å². The number of nitrogens with one attached hydrogen (secondary N) is 1. The van der Waals surface area contributed by atoms with Gasteiger partial charge in [0.15, 0.2) is 5.82 Å². The summed E-state index contributed by atoms with van der Waals surface area (Å²) in [4.78, 5) is 0.150. The van der Waals surface area contributed by atoms with Gasteiger partial charge in [-0.15, -0.1) is 0 Å². The van der Waals surface area contributed by atoms with E-state index in [0.717, 1.165) is 5.56 Å². The lowest BCUT2D eigenvalue weighted by molar-refractivity contribution is 0.423. The van der Waals surface area contributed by atoms with Gasteiger partial charge < -0.3 is 10.3 Å². The minimum atomic E-state index is -3.66. The van der Waals surface area contributed by atoms with Gasteiger partial charge in [-0.25, -0.2) is 8.42 Å². The van der Waals surface area contributed by atoms with E-state index in [1.54, 1.807) is 12.1 Å². The van der Waals surface area contributed by atoms with Gasteiger partial charge in [0.1, 0.15) is 6.26 Å². The van der Waals surface area contributed by atoms with Crippen molar-refractivity contribution in [2.24, 2.45) is 0 Å². The zero-order valence-electron chi connectivity index (χ0n) is 9.75. The zero-order chi connectivity index (χ0) is 13.2. The predicted octanol–water partition coefficient (Wildman–Crippen LogP) is 1.62. The number of nitrogens with two attached hydrogens (primary N) is 1. The van der Waals surface area contributed by atoms with Crippen molar-refractivity contribution >= 4 is 21.5 Å². The Bertz CT molecular complexity index is 636. The molecule has 1 heterocycles. The fourth-order valence-electron chi connectivity index (χ4n) is 1.52. The van der Waals surface area contributed by atoms with Crippen LogP contribution >= 0.6 is 0 Å². The van der Waals surface area contributed by atoms with Crippen LogP contribution in [-0.4, -0.2) is 13.6 Å². The summed E-state index contributed by atoms with van der Waals surface area (Å²) in [5, 5.41) is 3.50. The molecule has 0 bridgehead atoms. The normalized spacial score (nSPS) is 11.4. The Balaban J connectivity index is 2.35. The smallest absolute Gasteiger partial charge is 0.263 e. The van der Waals surface area contributed by atoms with Crippen molar-refractivity contribution in [2.75, 3.05) is 10.5 Å². The molecule has 0 atom stereocenters. The number of aromatic nitrogens is 1. The SMILES string of the molecule is CCc1cc(S(=O)(=O)Nc2ccon2)ccc1N. The number of nitrogen functional groups attached to an aromatic ring is 1. The van der Waals surface area contributed by atoms with Gasteiger partial charge in [0, 0.05) is 11.8 Å². The summed E-state index contributed by atoms with van der Waals surface area (Å²) in [5.74, 6) is 0.143. The third-order valence-corrected chi connectivity index (χ3v) is 3.83. The summed E-state index contributed by atoms with van der Waals surface area (Å²) in [6, 6.07) is 6.01. The molecule has 3 N–H and O–H groups in total. The molecule has 1 aromatic heterocycles. The highest BCUT2D eigenvalue weighted by molar-refractivity contribution is 7.92. The number of nitrogens with zero attached hydrogens (tertiary/aromatic N) is 1. The van der Waals surface area contributed by atoms with Gasteiger partial charge in [-0.3, -0.25) is 4.72 Å². The molecule has 2 aromatic rings. The van der Waals surface area contributed by atoms with Crippen LogP contribution in [0, 0.1) is 0 Å². The average Bonchev–Trinajstić information content (AvgIpc) is 2.81. The number of sulfonamides is 1. The first-order chi connectivity index (χ1) is 8.53. The average molecular weight is 267 g/mol. The van der Waals surface area contributed by atoms with Crippen molar-refractivity contribution in [1.29, 1.82) is 0 Å². The summed E-state index contributed by atoms with van der Waals surface area (Å²) in [7, 11) is -3.66. The van der Waals surface area contributed by atoms with Crippen LogP contribution in [0.4, 0.5) is 11.5 Å². The first-order valence-electron chi connectivity index (χ1n) is 5.34. The second-order valence-corrected chi connectivity index (χ2v) is 5.39. The first kappa shape index (κ1) is 12.4. The van der Waals surface area contributed by atoms with Crippen LogP contribution < -0.4 is 10.5 Å². The van der Waals surface area contributed by atoms with Gasteiger partial charge in [-0.1, -0.05) is 12.1 Å². The molecule has 0 aliphatic heterocycles. The second-order valence-electron chi connectivity index (χ2n) is 3.70. The van der Waals surface area contributed by atoms with Crippen LogP contribution in [0.25, 0.3) is 0 Å². The number of benzene rings is 1.